The molecule has 0 aliphatic heterocycles. The number of ketones is 1. The van der Waals surface area contributed by atoms with Gasteiger partial charge in [-0.15, -0.1) is 0 Å². The van der Waals surface area contributed by atoms with Crippen molar-refractivity contribution >= 4 is 5.78 Å². The van der Waals surface area contributed by atoms with E-state index in [1.54, 1.807) is 7.11 Å². The van der Waals surface area contributed by atoms with Crippen LogP contribution in [0.3, 0.4) is 0 Å². The lowest BCUT2D eigenvalue weighted by Crippen LogP contribution is -2.37. The van der Waals surface area contributed by atoms with Gasteiger partial charge in [0.25, 0.3) is 0 Å². The molecule has 3 unspecified atom stereocenters. The van der Waals surface area contributed by atoms with Gasteiger partial charge in [0.15, 0.2) is 0 Å². The molecule has 0 N–H and O–H groups in total. The van der Waals surface area contributed by atoms with E-state index in [-0.39, 0.29) is 5.92 Å². The summed E-state index contributed by atoms with van der Waals surface area (Å²) in [5, 5.41) is 0. The molecule has 2 fully saturated rings. The van der Waals surface area contributed by atoms with Crippen molar-refractivity contribution in [2.45, 2.75) is 38.0 Å². The molecule has 1 aromatic rings. The summed E-state index contributed by atoms with van der Waals surface area (Å²) in [5.41, 5.74) is 1.31. The van der Waals surface area contributed by atoms with Gasteiger partial charge in [0, 0.05) is 11.8 Å². The minimum atomic E-state index is 0.283. The number of Topliss-reactive ketones (excluding diaryl/α,β-unsaturated/α-hetero) is 1. The summed E-state index contributed by atoms with van der Waals surface area (Å²) in [4.78, 5) is 12.3. The summed E-state index contributed by atoms with van der Waals surface area (Å²) >= 11 is 0. The van der Waals surface area contributed by atoms with E-state index in [4.69, 9.17) is 4.74 Å². The number of hydrogen-bond acceptors (Lipinski definition) is 2. The first kappa shape index (κ1) is 11.8. The molecule has 0 amide bonds. The Morgan fingerprint density at radius 1 is 1.00 bits per heavy atom. The third-order valence-corrected chi connectivity index (χ3v) is 4.69. The van der Waals surface area contributed by atoms with Crippen molar-refractivity contribution in [3.8, 4) is 5.75 Å². The molecule has 0 radical (unpaired) electrons. The first-order valence-corrected chi connectivity index (χ1v) is 6.97. The van der Waals surface area contributed by atoms with E-state index >= 15 is 0 Å². The first-order chi connectivity index (χ1) is 8.79. The van der Waals surface area contributed by atoms with Gasteiger partial charge in [-0.3, -0.25) is 4.79 Å². The zero-order valence-electron chi connectivity index (χ0n) is 10.9. The van der Waals surface area contributed by atoms with E-state index in [1.807, 2.05) is 12.1 Å². The molecule has 2 heteroatoms. The Morgan fingerprint density at radius 2 is 1.78 bits per heavy atom. The lowest BCUT2D eigenvalue weighted by molar-refractivity contribution is -0.132. The van der Waals surface area contributed by atoms with Crippen LogP contribution in [-0.4, -0.2) is 12.9 Å². The maximum absolute atomic E-state index is 12.3. The number of methoxy groups -OCH3 is 1. The van der Waals surface area contributed by atoms with E-state index in [9.17, 15) is 4.79 Å². The van der Waals surface area contributed by atoms with Gasteiger partial charge in [-0.1, -0.05) is 18.6 Å². The second-order valence-electron chi connectivity index (χ2n) is 5.59. The Balaban J connectivity index is 1.84. The molecule has 3 rings (SSSR count). The number of fused-ring (bicyclic) bond motifs is 2. The largest absolute Gasteiger partial charge is 0.497 e. The number of hydrogen-bond donors (Lipinski definition) is 0. The van der Waals surface area contributed by atoms with E-state index < -0.39 is 0 Å². The van der Waals surface area contributed by atoms with Crippen molar-refractivity contribution < 1.29 is 9.53 Å². The van der Waals surface area contributed by atoms with Crippen LogP contribution in [0, 0.1) is 11.8 Å². The first-order valence-electron chi connectivity index (χ1n) is 6.97. The molecule has 3 atom stereocenters. The number of benzene rings is 1. The van der Waals surface area contributed by atoms with E-state index in [1.165, 1.54) is 18.4 Å². The Kier molecular flexibility index (Phi) is 3.11. The predicted molar refractivity (Wildman–Crippen MR) is 70.8 cm³/mol. The Labute approximate surface area is 108 Å². The monoisotopic (exact) mass is 244 g/mol. The quantitative estimate of drug-likeness (QED) is 0.795. The molecular weight excluding hydrogens is 224 g/mol. The van der Waals surface area contributed by atoms with E-state index in [0.29, 0.717) is 17.6 Å². The van der Waals surface area contributed by atoms with Crippen LogP contribution in [0.15, 0.2) is 24.3 Å². The average Bonchev–Trinajstić information content (AvgIpc) is 2.39. The molecule has 2 saturated carbocycles. The van der Waals surface area contributed by atoms with Gasteiger partial charge >= 0.3 is 0 Å². The highest BCUT2D eigenvalue weighted by atomic mass is 16.5. The van der Waals surface area contributed by atoms with Gasteiger partial charge in [-0.25, -0.2) is 0 Å². The number of rotatable bonds is 2. The lowest BCUT2D eigenvalue weighted by Gasteiger charge is -2.39. The predicted octanol–water partition coefficient (Wildman–Crippen LogP) is 3.56. The summed E-state index contributed by atoms with van der Waals surface area (Å²) < 4.78 is 5.19. The molecular formula is C16H20O2. The summed E-state index contributed by atoms with van der Waals surface area (Å²) in [6.45, 7) is 0. The molecule has 2 bridgehead atoms. The molecule has 18 heavy (non-hydrogen) atoms. The third-order valence-electron chi connectivity index (χ3n) is 4.69. The zero-order chi connectivity index (χ0) is 12.5. The van der Waals surface area contributed by atoms with Crippen LogP contribution in [0.4, 0.5) is 0 Å². The summed E-state index contributed by atoms with van der Waals surface area (Å²) in [5.74, 6) is 2.53. The standard InChI is InChI=1S/C16H20O2/c1-18-13-8-5-11(6-9-13)14-10-7-12-3-2-4-15(14)16(12)17/h5-6,8-9,12,14-15H,2-4,7,10H2,1H3. The maximum Gasteiger partial charge on any atom is 0.139 e. The molecule has 2 aliphatic carbocycles. The molecule has 2 nitrogen and oxygen atoms in total. The molecule has 96 valence electrons. The van der Waals surface area contributed by atoms with E-state index in [0.717, 1.165) is 25.0 Å². The van der Waals surface area contributed by atoms with Crippen molar-refractivity contribution in [3.05, 3.63) is 29.8 Å². The molecule has 1 aromatic carbocycles. The fourth-order valence-corrected chi connectivity index (χ4v) is 3.69. The fourth-order valence-electron chi connectivity index (χ4n) is 3.69. The molecule has 2 aliphatic rings. The highest BCUT2D eigenvalue weighted by Gasteiger charge is 2.40. The highest BCUT2D eigenvalue weighted by molar-refractivity contribution is 5.85. The number of carbonyl (C=O) groups excluding carboxylic acids is 1. The minimum Gasteiger partial charge on any atom is -0.497 e. The van der Waals surface area contributed by atoms with Crippen molar-refractivity contribution in [3.63, 3.8) is 0 Å². The second kappa shape index (κ2) is 4.75. The maximum atomic E-state index is 12.3. The Bertz CT molecular complexity index is 435. The summed E-state index contributed by atoms with van der Waals surface area (Å²) in [6.07, 6.45) is 5.71. The molecule has 0 saturated heterocycles. The summed E-state index contributed by atoms with van der Waals surface area (Å²) in [7, 11) is 1.69. The topological polar surface area (TPSA) is 26.3 Å². The minimum absolute atomic E-state index is 0.283. The number of ether oxygens (including phenoxy) is 1. The van der Waals surface area contributed by atoms with Crippen molar-refractivity contribution in [1.29, 1.82) is 0 Å². The zero-order valence-corrected chi connectivity index (χ0v) is 10.9. The van der Waals surface area contributed by atoms with Crippen LogP contribution in [-0.2, 0) is 4.79 Å². The average molecular weight is 244 g/mol. The second-order valence-corrected chi connectivity index (χ2v) is 5.59. The van der Waals surface area contributed by atoms with Gasteiger partial charge in [0.1, 0.15) is 11.5 Å². The van der Waals surface area contributed by atoms with Crippen molar-refractivity contribution in [2.24, 2.45) is 11.8 Å². The molecule has 0 spiro atoms. The smallest absolute Gasteiger partial charge is 0.139 e. The van der Waals surface area contributed by atoms with Gasteiger partial charge in [-0.05, 0) is 49.3 Å². The van der Waals surface area contributed by atoms with Gasteiger partial charge in [0.2, 0.25) is 0 Å². The summed E-state index contributed by atoms with van der Waals surface area (Å²) in [6, 6.07) is 8.28. The van der Waals surface area contributed by atoms with Gasteiger partial charge in [-0.2, -0.15) is 0 Å². The molecule has 0 aromatic heterocycles. The van der Waals surface area contributed by atoms with Crippen LogP contribution in [0.5, 0.6) is 5.75 Å². The Morgan fingerprint density at radius 3 is 2.50 bits per heavy atom. The van der Waals surface area contributed by atoms with Crippen LogP contribution in [0.25, 0.3) is 0 Å². The van der Waals surface area contributed by atoms with Gasteiger partial charge < -0.3 is 4.74 Å². The lowest BCUT2D eigenvalue weighted by atomic mass is 9.64. The van der Waals surface area contributed by atoms with Crippen LogP contribution in [0.2, 0.25) is 0 Å². The SMILES string of the molecule is COc1ccc(C2CCC3CCCC2C3=O)cc1. The van der Waals surface area contributed by atoms with Gasteiger partial charge in [0.05, 0.1) is 7.11 Å². The number of carbonyl (C=O) groups is 1. The Hall–Kier alpha value is -1.31. The van der Waals surface area contributed by atoms with Crippen LogP contribution < -0.4 is 4.74 Å². The fraction of sp³-hybridized carbons (Fsp3) is 0.562. The van der Waals surface area contributed by atoms with Crippen molar-refractivity contribution in [1.82, 2.24) is 0 Å². The van der Waals surface area contributed by atoms with Crippen LogP contribution >= 0.6 is 0 Å². The van der Waals surface area contributed by atoms with E-state index in [2.05, 4.69) is 12.1 Å². The third kappa shape index (κ3) is 1.94. The van der Waals surface area contributed by atoms with Crippen LogP contribution in [0.1, 0.15) is 43.6 Å². The highest BCUT2D eigenvalue weighted by Crippen LogP contribution is 2.45. The normalized spacial score (nSPS) is 31.2. The molecule has 0 heterocycles. The van der Waals surface area contributed by atoms with Crippen molar-refractivity contribution in [2.75, 3.05) is 7.11 Å².